The molecule has 0 fully saturated rings. The van der Waals surface area contributed by atoms with Gasteiger partial charge in [-0.2, -0.15) is 0 Å². The molecule has 0 radical (unpaired) electrons. The van der Waals surface area contributed by atoms with Crippen LogP contribution in [-0.4, -0.2) is 4.98 Å². The molecule has 2 N–H and O–H groups in total. The van der Waals surface area contributed by atoms with Crippen molar-refractivity contribution in [2.75, 3.05) is 5.73 Å². The monoisotopic (exact) mass is 246 g/mol. The van der Waals surface area contributed by atoms with Crippen LogP contribution in [0.15, 0.2) is 24.3 Å². The summed E-state index contributed by atoms with van der Waals surface area (Å²) in [6.45, 7) is 6.41. The van der Waals surface area contributed by atoms with Gasteiger partial charge in [-0.15, -0.1) is 0 Å². The number of hydrogen-bond donors (Lipinski definition) is 1. The van der Waals surface area contributed by atoms with Crippen LogP contribution < -0.4 is 5.73 Å². The Morgan fingerprint density at radius 3 is 2.41 bits per heavy atom. The lowest BCUT2D eigenvalue weighted by atomic mass is 9.98. The topological polar surface area (TPSA) is 38.9 Å². The average molecular weight is 246 g/mol. The van der Waals surface area contributed by atoms with Crippen molar-refractivity contribution < 1.29 is 0 Å². The Morgan fingerprint density at radius 2 is 1.94 bits per heavy atom. The number of rotatable bonds is 3. The van der Waals surface area contributed by atoms with Crippen LogP contribution in [-0.2, 0) is 0 Å². The van der Waals surface area contributed by atoms with Crippen LogP contribution in [0, 0.1) is 6.92 Å². The highest BCUT2D eigenvalue weighted by atomic mass is 32.1. The first-order valence-corrected chi connectivity index (χ1v) is 6.76. The van der Waals surface area contributed by atoms with Crippen molar-refractivity contribution in [1.29, 1.82) is 0 Å². The third-order valence-corrected chi connectivity index (χ3v) is 4.21. The van der Waals surface area contributed by atoms with Crippen molar-refractivity contribution in [3.05, 3.63) is 35.5 Å². The second-order valence-electron chi connectivity index (χ2n) is 4.40. The van der Waals surface area contributed by atoms with E-state index in [1.54, 1.807) is 11.3 Å². The number of nitrogen functional groups attached to an aromatic ring is 1. The summed E-state index contributed by atoms with van der Waals surface area (Å²) < 4.78 is 0. The van der Waals surface area contributed by atoms with Gasteiger partial charge in [0.05, 0.1) is 5.69 Å². The van der Waals surface area contributed by atoms with E-state index in [1.165, 1.54) is 12.0 Å². The van der Waals surface area contributed by atoms with Crippen LogP contribution in [0.5, 0.6) is 0 Å². The minimum Gasteiger partial charge on any atom is -0.389 e. The molecule has 2 aromatic rings. The fourth-order valence-electron chi connectivity index (χ4n) is 1.72. The van der Waals surface area contributed by atoms with E-state index < -0.39 is 0 Å². The van der Waals surface area contributed by atoms with E-state index in [9.17, 15) is 0 Å². The molecule has 2 nitrogen and oxygen atoms in total. The number of aromatic nitrogens is 1. The highest BCUT2D eigenvalue weighted by molar-refractivity contribution is 7.18. The molecule has 90 valence electrons. The van der Waals surface area contributed by atoms with E-state index in [0.29, 0.717) is 5.92 Å². The van der Waals surface area contributed by atoms with Gasteiger partial charge in [-0.25, -0.2) is 4.98 Å². The quantitative estimate of drug-likeness (QED) is 0.881. The average Bonchev–Trinajstić information content (AvgIpc) is 2.69. The first-order valence-electron chi connectivity index (χ1n) is 5.95. The van der Waals surface area contributed by atoms with E-state index in [4.69, 9.17) is 5.73 Å². The van der Waals surface area contributed by atoms with Gasteiger partial charge in [-0.1, -0.05) is 49.4 Å². The van der Waals surface area contributed by atoms with Crippen LogP contribution in [0.4, 0.5) is 5.00 Å². The molecule has 1 heterocycles. The van der Waals surface area contributed by atoms with Crippen LogP contribution in [0.3, 0.4) is 0 Å². The Balaban J connectivity index is 2.29. The summed E-state index contributed by atoms with van der Waals surface area (Å²) >= 11 is 1.55. The SMILES string of the molecule is CCC(C)c1ccc(-c2nc(C)c(N)s2)cc1. The third kappa shape index (κ3) is 2.50. The summed E-state index contributed by atoms with van der Waals surface area (Å²) in [5.74, 6) is 0.618. The second kappa shape index (κ2) is 4.88. The maximum atomic E-state index is 5.83. The zero-order valence-electron chi connectivity index (χ0n) is 10.5. The molecule has 1 unspecified atom stereocenters. The molecule has 2 rings (SSSR count). The highest BCUT2D eigenvalue weighted by Crippen LogP contribution is 2.30. The van der Waals surface area contributed by atoms with Crippen molar-refractivity contribution >= 4 is 16.3 Å². The maximum Gasteiger partial charge on any atom is 0.125 e. The minimum absolute atomic E-state index is 0.618. The van der Waals surface area contributed by atoms with Crippen LogP contribution in [0.25, 0.3) is 10.6 Å². The van der Waals surface area contributed by atoms with E-state index in [-0.39, 0.29) is 0 Å². The van der Waals surface area contributed by atoms with Crippen LogP contribution in [0.2, 0.25) is 0 Å². The van der Waals surface area contributed by atoms with Crippen molar-refractivity contribution in [3.8, 4) is 10.6 Å². The van der Waals surface area contributed by atoms with Crippen molar-refractivity contribution in [3.63, 3.8) is 0 Å². The van der Waals surface area contributed by atoms with Crippen LogP contribution in [0.1, 0.15) is 37.4 Å². The van der Waals surface area contributed by atoms with E-state index >= 15 is 0 Å². The number of nitrogens with two attached hydrogens (primary N) is 1. The van der Waals surface area contributed by atoms with Gasteiger partial charge in [-0.05, 0) is 24.8 Å². The molecule has 0 amide bonds. The molecule has 0 saturated carbocycles. The largest absolute Gasteiger partial charge is 0.389 e. The smallest absolute Gasteiger partial charge is 0.125 e. The maximum absolute atomic E-state index is 5.83. The zero-order chi connectivity index (χ0) is 12.4. The molecular formula is C14H18N2S. The first-order chi connectivity index (χ1) is 8.11. The van der Waals surface area contributed by atoms with Crippen molar-refractivity contribution in [1.82, 2.24) is 4.98 Å². The number of nitrogens with zero attached hydrogens (tertiary/aromatic N) is 1. The first kappa shape index (κ1) is 12.1. The summed E-state index contributed by atoms with van der Waals surface area (Å²) in [4.78, 5) is 4.47. The Labute approximate surface area is 107 Å². The Bertz CT molecular complexity index is 480. The Kier molecular flexibility index (Phi) is 3.48. The molecule has 0 bridgehead atoms. The number of thiazole rings is 1. The van der Waals surface area contributed by atoms with Crippen LogP contribution >= 0.6 is 11.3 Å². The van der Waals surface area contributed by atoms with E-state index in [1.807, 2.05) is 6.92 Å². The second-order valence-corrected chi connectivity index (χ2v) is 5.43. The van der Waals surface area contributed by atoms with Gasteiger partial charge in [0.1, 0.15) is 10.0 Å². The number of anilines is 1. The number of benzene rings is 1. The predicted octanol–water partition coefficient (Wildman–Crippen LogP) is 4.21. The minimum atomic E-state index is 0.618. The normalized spacial score (nSPS) is 12.6. The van der Waals surface area contributed by atoms with Gasteiger partial charge in [0.2, 0.25) is 0 Å². The highest BCUT2D eigenvalue weighted by Gasteiger charge is 2.08. The number of aryl methyl sites for hydroxylation is 1. The molecule has 1 atom stereocenters. The molecule has 0 aliphatic rings. The van der Waals surface area contributed by atoms with E-state index in [2.05, 4.69) is 43.1 Å². The van der Waals surface area contributed by atoms with Crippen molar-refractivity contribution in [2.45, 2.75) is 33.1 Å². The third-order valence-electron chi connectivity index (χ3n) is 3.17. The summed E-state index contributed by atoms with van der Waals surface area (Å²) in [5.41, 5.74) is 9.30. The standard InChI is InChI=1S/C14H18N2S/c1-4-9(2)11-5-7-12(8-6-11)14-16-10(3)13(15)17-14/h5-9H,4,15H2,1-3H3. The fraction of sp³-hybridized carbons (Fsp3) is 0.357. The van der Waals surface area contributed by atoms with Crippen molar-refractivity contribution in [2.24, 2.45) is 0 Å². The number of hydrogen-bond acceptors (Lipinski definition) is 3. The lowest BCUT2D eigenvalue weighted by Crippen LogP contribution is -1.90. The molecule has 3 heteroatoms. The van der Waals surface area contributed by atoms with Gasteiger partial charge in [0, 0.05) is 5.56 Å². The van der Waals surface area contributed by atoms with Gasteiger partial charge < -0.3 is 5.73 Å². The summed E-state index contributed by atoms with van der Waals surface area (Å²) in [6, 6.07) is 8.66. The predicted molar refractivity (Wildman–Crippen MR) is 75.4 cm³/mol. The zero-order valence-corrected chi connectivity index (χ0v) is 11.3. The van der Waals surface area contributed by atoms with Gasteiger partial charge in [-0.3, -0.25) is 0 Å². The molecule has 1 aromatic heterocycles. The Hall–Kier alpha value is -1.35. The molecule has 0 aliphatic heterocycles. The molecule has 0 spiro atoms. The lowest BCUT2D eigenvalue weighted by molar-refractivity contribution is 0.734. The molecule has 17 heavy (non-hydrogen) atoms. The molecule has 0 aliphatic carbocycles. The van der Waals surface area contributed by atoms with Gasteiger partial charge >= 0.3 is 0 Å². The summed E-state index contributed by atoms with van der Waals surface area (Å²) in [6.07, 6.45) is 1.17. The van der Waals surface area contributed by atoms with Gasteiger partial charge in [0.15, 0.2) is 0 Å². The summed E-state index contributed by atoms with van der Waals surface area (Å²) in [7, 11) is 0. The Morgan fingerprint density at radius 1 is 1.29 bits per heavy atom. The van der Waals surface area contributed by atoms with Gasteiger partial charge in [0.25, 0.3) is 0 Å². The molecule has 0 saturated heterocycles. The van der Waals surface area contributed by atoms with E-state index in [0.717, 1.165) is 21.3 Å². The summed E-state index contributed by atoms with van der Waals surface area (Å²) in [5, 5.41) is 1.82. The molecular weight excluding hydrogens is 228 g/mol. The fourth-order valence-corrected chi connectivity index (χ4v) is 2.56. The molecule has 1 aromatic carbocycles. The lowest BCUT2D eigenvalue weighted by Gasteiger charge is -2.08.